The second-order valence-electron chi connectivity index (χ2n) is 6.31. The summed E-state index contributed by atoms with van der Waals surface area (Å²) in [6.45, 7) is 0. The maximum atomic E-state index is 12.5. The van der Waals surface area contributed by atoms with Crippen LogP contribution in [0.1, 0.15) is 36.0 Å². The monoisotopic (exact) mass is 294 g/mol. The lowest BCUT2D eigenvalue weighted by atomic mass is 9.99. The van der Waals surface area contributed by atoms with Crippen molar-refractivity contribution in [3.05, 3.63) is 42.0 Å². The van der Waals surface area contributed by atoms with Crippen molar-refractivity contribution in [1.29, 1.82) is 0 Å². The van der Waals surface area contributed by atoms with Gasteiger partial charge >= 0.3 is 0 Å². The van der Waals surface area contributed by atoms with Gasteiger partial charge in [-0.1, -0.05) is 30.3 Å². The lowest BCUT2D eigenvalue weighted by molar-refractivity contribution is 0.0953. The number of rotatable bonds is 2. The van der Waals surface area contributed by atoms with Crippen LogP contribution in [0.15, 0.2) is 41.5 Å². The molecule has 0 spiro atoms. The molecule has 0 saturated heterocycles. The van der Waals surface area contributed by atoms with Crippen LogP contribution in [0.2, 0.25) is 0 Å². The van der Waals surface area contributed by atoms with Gasteiger partial charge in [-0.3, -0.25) is 4.79 Å². The minimum absolute atomic E-state index is 0.00987. The molecule has 2 saturated carbocycles. The van der Waals surface area contributed by atoms with E-state index in [0.717, 1.165) is 28.8 Å². The Morgan fingerprint density at radius 2 is 2.05 bits per heavy atom. The van der Waals surface area contributed by atoms with E-state index in [1.807, 2.05) is 30.3 Å². The molecule has 2 aliphatic rings. The predicted octanol–water partition coefficient (Wildman–Crippen LogP) is 3.45. The van der Waals surface area contributed by atoms with Crippen molar-refractivity contribution in [1.82, 2.24) is 5.43 Å². The molecule has 0 aliphatic heterocycles. The van der Waals surface area contributed by atoms with E-state index in [9.17, 15) is 9.90 Å². The molecular weight excluding hydrogens is 276 g/mol. The van der Waals surface area contributed by atoms with Crippen LogP contribution in [0.5, 0.6) is 5.75 Å². The van der Waals surface area contributed by atoms with Crippen molar-refractivity contribution in [2.24, 2.45) is 16.9 Å². The van der Waals surface area contributed by atoms with E-state index in [2.05, 4.69) is 10.5 Å². The molecule has 2 atom stereocenters. The number of nitrogens with zero attached hydrogens (tertiary/aromatic N) is 1. The van der Waals surface area contributed by atoms with Gasteiger partial charge in [0.25, 0.3) is 5.91 Å². The third kappa shape index (κ3) is 2.15. The largest absolute Gasteiger partial charge is 0.507 e. The molecule has 2 aliphatic carbocycles. The Morgan fingerprint density at radius 1 is 1.18 bits per heavy atom. The van der Waals surface area contributed by atoms with Crippen LogP contribution in [-0.4, -0.2) is 16.7 Å². The molecule has 1 amide bonds. The topological polar surface area (TPSA) is 61.7 Å². The summed E-state index contributed by atoms with van der Waals surface area (Å²) in [5.41, 5.74) is 4.06. The number of fused-ring (bicyclic) bond motifs is 3. The third-order valence-corrected chi connectivity index (χ3v) is 4.95. The number of phenolic OH excluding ortho intramolecular Hbond substituents is 1. The van der Waals surface area contributed by atoms with Gasteiger partial charge < -0.3 is 5.11 Å². The molecule has 4 rings (SSSR count). The van der Waals surface area contributed by atoms with Gasteiger partial charge in [-0.25, -0.2) is 5.43 Å². The number of phenols is 1. The summed E-state index contributed by atoms with van der Waals surface area (Å²) < 4.78 is 0. The van der Waals surface area contributed by atoms with Crippen LogP contribution in [0, 0.1) is 11.8 Å². The van der Waals surface area contributed by atoms with Crippen LogP contribution in [0.4, 0.5) is 0 Å². The molecule has 4 heteroatoms. The fraction of sp³-hybridized carbons (Fsp3) is 0.333. The van der Waals surface area contributed by atoms with Gasteiger partial charge in [-0.15, -0.1) is 0 Å². The molecule has 112 valence electrons. The molecule has 0 heterocycles. The van der Waals surface area contributed by atoms with Gasteiger partial charge in [-0.2, -0.15) is 5.10 Å². The van der Waals surface area contributed by atoms with E-state index in [4.69, 9.17) is 0 Å². The Labute approximate surface area is 128 Å². The van der Waals surface area contributed by atoms with E-state index in [1.165, 1.54) is 19.3 Å². The smallest absolute Gasteiger partial charge is 0.275 e. The van der Waals surface area contributed by atoms with Crippen molar-refractivity contribution in [3.8, 4) is 5.75 Å². The lowest BCUT2D eigenvalue weighted by Crippen LogP contribution is -2.22. The number of aromatic hydroxyl groups is 1. The van der Waals surface area contributed by atoms with Crippen molar-refractivity contribution in [3.63, 3.8) is 0 Å². The molecule has 2 bridgehead atoms. The highest BCUT2D eigenvalue weighted by atomic mass is 16.3. The summed E-state index contributed by atoms with van der Waals surface area (Å²) in [4.78, 5) is 12.5. The first kappa shape index (κ1) is 13.3. The molecule has 22 heavy (non-hydrogen) atoms. The molecule has 2 fully saturated rings. The zero-order chi connectivity index (χ0) is 15.1. The first-order valence-corrected chi connectivity index (χ1v) is 7.80. The van der Waals surface area contributed by atoms with Crippen LogP contribution in [-0.2, 0) is 0 Å². The van der Waals surface area contributed by atoms with Gasteiger partial charge in [0.15, 0.2) is 0 Å². The summed E-state index contributed by atoms with van der Waals surface area (Å²) in [5, 5.41) is 16.1. The number of hydrazone groups is 1. The van der Waals surface area contributed by atoms with Crippen molar-refractivity contribution < 1.29 is 9.90 Å². The fourth-order valence-electron chi connectivity index (χ4n) is 3.84. The average Bonchev–Trinajstić information content (AvgIpc) is 3.15. The molecule has 2 aromatic rings. The molecule has 0 aromatic heterocycles. The summed E-state index contributed by atoms with van der Waals surface area (Å²) >= 11 is 0. The zero-order valence-corrected chi connectivity index (χ0v) is 12.2. The van der Waals surface area contributed by atoms with Crippen LogP contribution >= 0.6 is 0 Å². The van der Waals surface area contributed by atoms with E-state index in [-0.39, 0.29) is 11.7 Å². The minimum atomic E-state index is -0.343. The van der Waals surface area contributed by atoms with Crippen LogP contribution in [0.25, 0.3) is 10.8 Å². The molecule has 2 aromatic carbocycles. The Morgan fingerprint density at radius 3 is 2.82 bits per heavy atom. The number of carbonyl (C=O) groups is 1. The van der Waals surface area contributed by atoms with E-state index >= 15 is 0 Å². The van der Waals surface area contributed by atoms with Gasteiger partial charge in [-0.05, 0) is 54.4 Å². The summed E-state index contributed by atoms with van der Waals surface area (Å²) in [7, 11) is 0. The maximum Gasteiger partial charge on any atom is 0.275 e. The van der Waals surface area contributed by atoms with Gasteiger partial charge in [0.05, 0.1) is 5.56 Å². The molecule has 2 unspecified atom stereocenters. The van der Waals surface area contributed by atoms with Crippen molar-refractivity contribution >= 4 is 22.4 Å². The number of nitrogens with one attached hydrogen (secondary N) is 1. The molecule has 0 radical (unpaired) electrons. The number of hydrogen-bond acceptors (Lipinski definition) is 3. The van der Waals surface area contributed by atoms with Crippen LogP contribution < -0.4 is 5.43 Å². The third-order valence-electron chi connectivity index (χ3n) is 4.95. The predicted molar refractivity (Wildman–Crippen MR) is 86.0 cm³/mol. The van der Waals surface area contributed by atoms with Crippen molar-refractivity contribution in [2.45, 2.75) is 25.7 Å². The Bertz CT molecular complexity index is 782. The summed E-state index contributed by atoms with van der Waals surface area (Å²) in [6, 6.07) is 10.9. The van der Waals surface area contributed by atoms with Gasteiger partial charge in [0.1, 0.15) is 5.75 Å². The van der Waals surface area contributed by atoms with E-state index < -0.39 is 0 Å². The number of carbonyl (C=O) groups excluding carboxylic acids is 1. The first-order valence-electron chi connectivity index (χ1n) is 7.80. The Hall–Kier alpha value is -2.36. The lowest BCUT2D eigenvalue weighted by Gasteiger charge is -2.12. The minimum Gasteiger partial charge on any atom is -0.507 e. The maximum absolute atomic E-state index is 12.5. The Balaban J connectivity index is 1.63. The summed E-state index contributed by atoms with van der Waals surface area (Å²) in [6.07, 6.45) is 4.71. The highest BCUT2D eigenvalue weighted by Crippen LogP contribution is 2.42. The van der Waals surface area contributed by atoms with Gasteiger partial charge in [0.2, 0.25) is 0 Å². The molecular formula is C18H18N2O2. The standard InChI is InChI=1S/C18H18N2O2/c21-16-8-7-12-3-1-2-4-14(12)17(16)18(22)20-19-15-10-11-5-6-13(15)9-11/h1-4,7-8,11,13,21H,5-6,9-10H2,(H,20,22)/b19-15+. The number of benzene rings is 2. The van der Waals surface area contributed by atoms with Crippen molar-refractivity contribution in [2.75, 3.05) is 0 Å². The quantitative estimate of drug-likeness (QED) is 0.833. The second-order valence-corrected chi connectivity index (χ2v) is 6.31. The highest BCUT2D eigenvalue weighted by molar-refractivity contribution is 6.09. The number of amides is 1. The first-order chi connectivity index (χ1) is 10.7. The van der Waals surface area contributed by atoms with Crippen LogP contribution in [0.3, 0.4) is 0 Å². The fourth-order valence-corrected chi connectivity index (χ4v) is 3.84. The molecule has 4 nitrogen and oxygen atoms in total. The van der Waals surface area contributed by atoms with Gasteiger partial charge in [0, 0.05) is 5.71 Å². The number of hydrogen-bond donors (Lipinski definition) is 2. The SMILES string of the molecule is O=C(N/N=C1\CC2CCC1C2)c1c(O)ccc2ccccc12. The second kappa shape index (κ2) is 5.13. The normalized spacial score (nSPS) is 25.0. The Kier molecular flexibility index (Phi) is 3.10. The van der Waals surface area contributed by atoms with E-state index in [0.29, 0.717) is 11.5 Å². The molecule has 2 N–H and O–H groups in total. The van der Waals surface area contributed by atoms with E-state index in [1.54, 1.807) is 6.07 Å². The highest BCUT2D eigenvalue weighted by Gasteiger charge is 2.36. The average molecular weight is 294 g/mol. The summed E-state index contributed by atoms with van der Waals surface area (Å²) in [5.74, 6) is 0.951. The zero-order valence-electron chi connectivity index (χ0n) is 12.2.